The Balaban J connectivity index is 2.32. The zero-order chi connectivity index (χ0) is 10.6. The maximum atomic E-state index is 11.5. The summed E-state index contributed by atoms with van der Waals surface area (Å²) in [6.07, 6.45) is 2.06. The van der Waals surface area contributed by atoms with E-state index in [1.54, 1.807) is 0 Å². The number of amides is 1. The van der Waals surface area contributed by atoms with Gasteiger partial charge < -0.3 is 10.1 Å². The Kier molecular flexibility index (Phi) is 4.69. The number of carbonyl (C=O) groups excluding carboxylic acids is 1. The lowest BCUT2D eigenvalue weighted by Crippen LogP contribution is -2.43. The van der Waals surface area contributed by atoms with Crippen molar-refractivity contribution in [2.45, 2.75) is 38.8 Å². The van der Waals surface area contributed by atoms with Crippen LogP contribution >= 0.6 is 11.6 Å². The van der Waals surface area contributed by atoms with Crippen molar-refractivity contribution < 1.29 is 9.53 Å². The Morgan fingerprint density at radius 2 is 2.43 bits per heavy atom. The van der Waals surface area contributed by atoms with Gasteiger partial charge in [-0.1, -0.05) is 6.92 Å². The number of carbonyl (C=O) groups is 1. The molecule has 1 amide bonds. The molecule has 14 heavy (non-hydrogen) atoms. The number of hydrogen-bond donors (Lipinski definition) is 1. The third kappa shape index (κ3) is 3.46. The second-order valence-corrected chi connectivity index (χ2v) is 4.28. The lowest BCUT2D eigenvalue weighted by molar-refractivity contribution is -0.125. The van der Waals surface area contributed by atoms with Crippen molar-refractivity contribution in [1.29, 1.82) is 0 Å². The Morgan fingerprint density at radius 3 is 3.00 bits per heavy atom. The van der Waals surface area contributed by atoms with Gasteiger partial charge in [-0.25, -0.2) is 0 Å². The van der Waals surface area contributed by atoms with Crippen LogP contribution in [0.25, 0.3) is 0 Å². The second kappa shape index (κ2) is 5.56. The molecule has 1 aliphatic rings. The maximum Gasteiger partial charge on any atom is 0.224 e. The van der Waals surface area contributed by atoms with Crippen molar-refractivity contribution in [2.75, 3.05) is 12.5 Å². The van der Waals surface area contributed by atoms with E-state index >= 15 is 0 Å². The molecule has 3 unspecified atom stereocenters. The van der Waals surface area contributed by atoms with E-state index in [-0.39, 0.29) is 24.0 Å². The molecule has 3 atom stereocenters. The van der Waals surface area contributed by atoms with Crippen LogP contribution in [0.2, 0.25) is 0 Å². The first-order chi connectivity index (χ1) is 6.63. The van der Waals surface area contributed by atoms with Crippen LogP contribution in [0.1, 0.15) is 26.7 Å². The first kappa shape index (κ1) is 11.8. The summed E-state index contributed by atoms with van der Waals surface area (Å²) in [7, 11) is 0. The number of rotatable bonds is 3. The lowest BCUT2D eigenvalue weighted by atomic mass is 10.0. The predicted molar refractivity (Wildman–Crippen MR) is 56.5 cm³/mol. The van der Waals surface area contributed by atoms with Crippen molar-refractivity contribution in [3.63, 3.8) is 0 Å². The molecule has 82 valence electrons. The van der Waals surface area contributed by atoms with Gasteiger partial charge >= 0.3 is 0 Å². The minimum Gasteiger partial charge on any atom is -0.378 e. The quantitative estimate of drug-likeness (QED) is 0.732. The summed E-state index contributed by atoms with van der Waals surface area (Å²) in [6.45, 7) is 4.61. The van der Waals surface area contributed by atoms with E-state index in [0.717, 1.165) is 19.4 Å². The molecule has 4 heteroatoms. The minimum absolute atomic E-state index is 0.0547. The zero-order valence-corrected chi connectivity index (χ0v) is 9.51. The largest absolute Gasteiger partial charge is 0.378 e. The molecule has 1 aliphatic heterocycles. The predicted octanol–water partition coefficient (Wildman–Crippen LogP) is 1.54. The van der Waals surface area contributed by atoms with E-state index in [1.165, 1.54) is 0 Å². The third-order valence-corrected chi connectivity index (χ3v) is 2.97. The van der Waals surface area contributed by atoms with Crippen LogP contribution < -0.4 is 5.32 Å². The normalized spacial score (nSPS) is 29.6. The van der Waals surface area contributed by atoms with E-state index in [2.05, 4.69) is 5.32 Å². The van der Waals surface area contributed by atoms with Gasteiger partial charge in [0.05, 0.1) is 6.10 Å². The fraction of sp³-hybridized carbons (Fsp3) is 0.900. The fourth-order valence-corrected chi connectivity index (χ4v) is 1.68. The highest BCUT2D eigenvalue weighted by Gasteiger charge is 2.22. The molecule has 0 bridgehead atoms. The van der Waals surface area contributed by atoms with Crippen LogP contribution in [0.15, 0.2) is 0 Å². The molecule has 1 rings (SSSR count). The molecule has 1 saturated heterocycles. The molecule has 0 aromatic heterocycles. The van der Waals surface area contributed by atoms with Gasteiger partial charge in [-0.3, -0.25) is 4.79 Å². The van der Waals surface area contributed by atoms with E-state index in [9.17, 15) is 4.79 Å². The summed E-state index contributed by atoms with van der Waals surface area (Å²) in [6, 6.07) is 0.261. The summed E-state index contributed by atoms with van der Waals surface area (Å²) in [4.78, 5) is 11.5. The highest BCUT2D eigenvalue weighted by atomic mass is 35.5. The van der Waals surface area contributed by atoms with E-state index < -0.39 is 0 Å². The van der Waals surface area contributed by atoms with Crippen LogP contribution in [-0.2, 0) is 9.53 Å². The van der Waals surface area contributed by atoms with Crippen molar-refractivity contribution in [2.24, 2.45) is 5.92 Å². The second-order valence-electron chi connectivity index (χ2n) is 3.97. The SMILES string of the molecule is CC1CC(NC(=O)C(C)CCl)CCO1. The molecule has 1 fully saturated rings. The summed E-state index contributed by atoms with van der Waals surface area (Å²) >= 11 is 5.61. The number of nitrogens with one attached hydrogen (secondary N) is 1. The molecule has 1 heterocycles. The molecule has 3 nitrogen and oxygen atoms in total. The van der Waals surface area contributed by atoms with E-state index in [4.69, 9.17) is 16.3 Å². The van der Waals surface area contributed by atoms with Crippen LogP contribution in [-0.4, -0.2) is 30.5 Å². The molecule has 0 aromatic rings. The Hall–Kier alpha value is -0.280. The molecule has 0 saturated carbocycles. The summed E-state index contributed by atoms with van der Waals surface area (Å²) in [5.41, 5.74) is 0. The minimum atomic E-state index is -0.102. The first-order valence-corrected chi connectivity index (χ1v) is 5.65. The van der Waals surface area contributed by atoms with Gasteiger partial charge in [-0.05, 0) is 19.8 Å². The molecular weight excluding hydrogens is 202 g/mol. The van der Waals surface area contributed by atoms with E-state index in [1.807, 2.05) is 13.8 Å². The van der Waals surface area contributed by atoms with Crippen LogP contribution in [0.5, 0.6) is 0 Å². The smallest absolute Gasteiger partial charge is 0.224 e. The highest BCUT2D eigenvalue weighted by Crippen LogP contribution is 2.13. The lowest BCUT2D eigenvalue weighted by Gasteiger charge is -2.28. The molecule has 1 N–H and O–H groups in total. The van der Waals surface area contributed by atoms with Gasteiger partial charge in [-0.2, -0.15) is 0 Å². The molecule has 0 aliphatic carbocycles. The van der Waals surface area contributed by atoms with Crippen molar-refractivity contribution >= 4 is 17.5 Å². The third-order valence-electron chi connectivity index (χ3n) is 2.51. The van der Waals surface area contributed by atoms with Gasteiger partial charge in [0, 0.05) is 24.4 Å². The van der Waals surface area contributed by atoms with Crippen LogP contribution in [0.4, 0.5) is 0 Å². The fourth-order valence-electron chi connectivity index (χ4n) is 1.54. The van der Waals surface area contributed by atoms with Gasteiger partial charge in [0.15, 0.2) is 0 Å². The summed E-state index contributed by atoms with van der Waals surface area (Å²) in [5.74, 6) is 0.332. The standard InChI is InChI=1S/C10H18ClNO2/c1-7(6-11)10(13)12-9-3-4-14-8(2)5-9/h7-9H,3-6H2,1-2H3,(H,12,13). The Morgan fingerprint density at radius 1 is 1.71 bits per heavy atom. The van der Waals surface area contributed by atoms with Gasteiger partial charge in [0.25, 0.3) is 0 Å². The van der Waals surface area contributed by atoms with E-state index in [0.29, 0.717) is 5.88 Å². The number of hydrogen-bond acceptors (Lipinski definition) is 2. The van der Waals surface area contributed by atoms with Gasteiger partial charge in [0.2, 0.25) is 5.91 Å². The van der Waals surface area contributed by atoms with Crippen molar-refractivity contribution in [1.82, 2.24) is 5.32 Å². The number of ether oxygens (including phenoxy) is 1. The zero-order valence-electron chi connectivity index (χ0n) is 8.75. The van der Waals surface area contributed by atoms with Gasteiger partial charge in [0.1, 0.15) is 0 Å². The average molecular weight is 220 g/mol. The Bertz CT molecular complexity index is 199. The highest BCUT2D eigenvalue weighted by molar-refractivity contribution is 6.19. The van der Waals surface area contributed by atoms with Crippen molar-refractivity contribution in [3.05, 3.63) is 0 Å². The van der Waals surface area contributed by atoms with Crippen LogP contribution in [0.3, 0.4) is 0 Å². The number of alkyl halides is 1. The molecule has 0 radical (unpaired) electrons. The van der Waals surface area contributed by atoms with Crippen molar-refractivity contribution in [3.8, 4) is 0 Å². The molecular formula is C10H18ClNO2. The first-order valence-electron chi connectivity index (χ1n) is 5.11. The number of halogens is 1. The summed E-state index contributed by atoms with van der Waals surface area (Å²) in [5, 5.41) is 3.00. The molecule has 0 spiro atoms. The Labute approximate surface area is 90.1 Å². The topological polar surface area (TPSA) is 38.3 Å². The molecule has 0 aromatic carbocycles. The van der Waals surface area contributed by atoms with Gasteiger partial charge in [-0.15, -0.1) is 11.6 Å². The maximum absolute atomic E-state index is 11.5. The summed E-state index contributed by atoms with van der Waals surface area (Å²) < 4.78 is 5.40. The van der Waals surface area contributed by atoms with Crippen LogP contribution in [0, 0.1) is 5.92 Å². The average Bonchev–Trinajstić information content (AvgIpc) is 2.16. The monoisotopic (exact) mass is 219 g/mol.